The molecular weight excluding hydrogens is 456 g/mol. The maximum absolute atomic E-state index is 4.66. The maximum Gasteiger partial charge on any atom is 0.106 e. The van der Waals surface area contributed by atoms with Crippen molar-refractivity contribution in [1.82, 2.24) is 10.6 Å². The maximum atomic E-state index is 4.66. The van der Waals surface area contributed by atoms with E-state index < -0.39 is 0 Å². The van der Waals surface area contributed by atoms with Crippen LogP contribution < -0.4 is 26.2 Å². The molecule has 0 amide bonds. The van der Waals surface area contributed by atoms with Crippen molar-refractivity contribution >= 4 is 22.9 Å². The number of aliphatic imine (C=N–C) groups is 1. The van der Waals surface area contributed by atoms with Crippen molar-refractivity contribution in [3.8, 4) is 0 Å². The van der Waals surface area contributed by atoms with Gasteiger partial charge in [-0.15, -0.1) is 0 Å². The van der Waals surface area contributed by atoms with E-state index in [-0.39, 0.29) is 0 Å². The van der Waals surface area contributed by atoms with Crippen LogP contribution in [0.1, 0.15) is 36.8 Å². The minimum Gasteiger partial charge on any atom is -0.378 e. The lowest BCUT2D eigenvalue weighted by Gasteiger charge is -2.45. The van der Waals surface area contributed by atoms with Crippen LogP contribution in [0.4, 0.5) is 17.1 Å². The second kappa shape index (κ2) is 9.17. The second-order valence-electron chi connectivity index (χ2n) is 12.1. The molecule has 4 heterocycles. The zero-order chi connectivity index (χ0) is 25.1. The summed E-state index contributed by atoms with van der Waals surface area (Å²) in [7, 11) is 2.31. The highest BCUT2D eigenvalue weighted by molar-refractivity contribution is 5.96. The van der Waals surface area contributed by atoms with Crippen LogP contribution >= 0.6 is 0 Å². The average Bonchev–Trinajstić information content (AvgIpc) is 3.36. The van der Waals surface area contributed by atoms with E-state index in [1.54, 1.807) is 5.56 Å². The molecule has 0 aromatic heterocycles. The van der Waals surface area contributed by atoms with E-state index in [4.69, 9.17) is 0 Å². The molecule has 0 bridgehead atoms. The molecular formula is C31H40N6. The van der Waals surface area contributed by atoms with E-state index in [1.807, 2.05) is 12.3 Å². The lowest BCUT2D eigenvalue weighted by molar-refractivity contribution is 0.395. The minimum absolute atomic E-state index is 0.322. The summed E-state index contributed by atoms with van der Waals surface area (Å²) in [6.45, 7) is 8.22. The summed E-state index contributed by atoms with van der Waals surface area (Å²) in [4.78, 5) is 7.22. The number of likely N-dealkylation sites (N-methyl/N-ethyl adjacent to an activating group) is 1. The number of nitrogens with one attached hydrogen (secondary N) is 4. The summed E-state index contributed by atoms with van der Waals surface area (Å²) in [5.41, 5.74) is 6.75. The molecule has 1 aliphatic carbocycles. The molecule has 8 atom stereocenters. The number of benzene rings is 2. The van der Waals surface area contributed by atoms with Gasteiger partial charge < -0.3 is 26.2 Å². The number of para-hydroxylation sites is 1. The molecule has 6 heteroatoms. The van der Waals surface area contributed by atoms with Gasteiger partial charge in [0, 0.05) is 43.4 Å². The Morgan fingerprint density at radius 2 is 1.89 bits per heavy atom. The number of fused-ring (bicyclic) bond motifs is 2. The minimum atomic E-state index is 0.322. The van der Waals surface area contributed by atoms with E-state index in [9.17, 15) is 0 Å². The van der Waals surface area contributed by atoms with Crippen LogP contribution in [0.25, 0.3) is 0 Å². The Morgan fingerprint density at radius 3 is 2.76 bits per heavy atom. The molecule has 2 saturated heterocycles. The highest BCUT2D eigenvalue weighted by Crippen LogP contribution is 2.57. The van der Waals surface area contributed by atoms with Gasteiger partial charge in [0.15, 0.2) is 0 Å². The van der Waals surface area contributed by atoms with Gasteiger partial charge in [-0.2, -0.15) is 0 Å². The van der Waals surface area contributed by atoms with Gasteiger partial charge in [-0.25, -0.2) is 4.99 Å². The van der Waals surface area contributed by atoms with Crippen LogP contribution in [0, 0.1) is 30.6 Å². The van der Waals surface area contributed by atoms with E-state index in [0.29, 0.717) is 30.0 Å². The Kier molecular flexibility index (Phi) is 5.78. The molecule has 6 nitrogen and oxygen atoms in total. The Morgan fingerprint density at radius 1 is 1.03 bits per heavy atom. The van der Waals surface area contributed by atoms with Gasteiger partial charge in [-0.3, -0.25) is 0 Å². The van der Waals surface area contributed by atoms with Crippen LogP contribution in [0.2, 0.25) is 0 Å². The normalized spacial score (nSPS) is 36.0. The van der Waals surface area contributed by atoms with Crippen LogP contribution in [0.15, 0.2) is 59.7 Å². The molecule has 0 spiro atoms. The first-order valence-electron chi connectivity index (χ1n) is 14.2. The molecule has 194 valence electrons. The SMILES string of the molecule is Cc1cc2c(c(C3CC3C3NCC4CNCC43)c1)N(C)C(C)C(C1C=CN=C(Nc3ccccc3)C1)N2. The Hall–Kier alpha value is -2.83. The van der Waals surface area contributed by atoms with Crippen molar-refractivity contribution in [3.63, 3.8) is 0 Å². The van der Waals surface area contributed by atoms with Gasteiger partial charge in [-0.1, -0.05) is 30.3 Å². The van der Waals surface area contributed by atoms with Gasteiger partial charge in [0.05, 0.1) is 17.4 Å². The quantitative estimate of drug-likeness (QED) is 0.500. The van der Waals surface area contributed by atoms with E-state index >= 15 is 0 Å². The first-order valence-corrected chi connectivity index (χ1v) is 14.2. The number of hydrogen-bond donors (Lipinski definition) is 4. The lowest BCUT2D eigenvalue weighted by Crippen LogP contribution is -2.51. The number of hydrogen-bond acceptors (Lipinski definition) is 6. The predicted molar refractivity (Wildman–Crippen MR) is 154 cm³/mol. The Labute approximate surface area is 221 Å². The van der Waals surface area contributed by atoms with Gasteiger partial charge in [0.2, 0.25) is 0 Å². The third-order valence-corrected chi connectivity index (χ3v) is 9.78. The summed E-state index contributed by atoms with van der Waals surface area (Å²) in [5, 5.41) is 15.1. The highest BCUT2D eigenvalue weighted by atomic mass is 15.2. The van der Waals surface area contributed by atoms with Crippen molar-refractivity contribution in [2.45, 2.75) is 50.7 Å². The Balaban J connectivity index is 1.11. The topological polar surface area (TPSA) is 63.7 Å². The second-order valence-corrected chi connectivity index (χ2v) is 12.1. The summed E-state index contributed by atoms with van der Waals surface area (Å²) in [6, 6.07) is 16.6. The highest BCUT2D eigenvalue weighted by Gasteiger charge is 2.53. The zero-order valence-electron chi connectivity index (χ0n) is 22.2. The van der Waals surface area contributed by atoms with Crippen LogP contribution in [-0.4, -0.2) is 50.6 Å². The van der Waals surface area contributed by atoms with Crippen molar-refractivity contribution in [1.29, 1.82) is 0 Å². The van der Waals surface area contributed by atoms with E-state index in [0.717, 1.165) is 35.7 Å². The smallest absolute Gasteiger partial charge is 0.106 e. The van der Waals surface area contributed by atoms with Crippen LogP contribution in [0.5, 0.6) is 0 Å². The average molecular weight is 497 g/mol. The standard InChI is InChI=1S/C31H40N6/c1-18-11-25(23-14-24(23)30-26-17-32-15-21(26)16-34-30)31-27(12-18)36-29(19(2)37(31)3)20-9-10-33-28(13-20)35-22-7-5-4-6-8-22/h4-12,19-21,23-24,26,29-30,32,34,36H,13-17H2,1-3H3,(H,33,35). The first kappa shape index (κ1) is 23.3. The molecule has 37 heavy (non-hydrogen) atoms. The molecule has 2 aromatic rings. The van der Waals surface area contributed by atoms with Gasteiger partial charge in [-0.05, 0) is 92.9 Å². The van der Waals surface area contributed by atoms with Crippen LogP contribution in [-0.2, 0) is 0 Å². The third-order valence-electron chi connectivity index (χ3n) is 9.78. The predicted octanol–water partition coefficient (Wildman–Crippen LogP) is 4.57. The molecule has 4 aliphatic heterocycles. The largest absolute Gasteiger partial charge is 0.378 e. The molecule has 4 N–H and O–H groups in total. The number of anilines is 3. The lowest BCUT2D eigenvalue weighted by atomic mass is 9.85. The summed E-state index contributed by atoms with van der Waals surface area (Å²) < 4.78 is 0. The number of aryl methyl sites for hydroxylation is 1. The fraction of sp³-hybridized carbons (Fsp3) is 0.516. The van der Waals surface area contributed by atoms with Gasteiger partial charge >= 0.3 is 0 Å². The monoisotopic (exact) mass is 496 g/mol. The first-order chi connectivity index (χ1) is 18.1. The summed E-state index contributed by atoms with van der Waals surface area (Å²) >= 11 is 0. The zero-order valence-corrected chi connectivity index (χ0v) is 22.2. The van der Waals surface area contributed by atoms with Crippen molar-refractivity contribution in [3.05, 3.63) is 65.9 Å². The van der Waals surface area contributed by atoms with Gasteiger partial charge in [0.25, 0.3) is 0 Å². The fourth-order valence-electron chi connectivity index (χ4n) is 7.68. The summed E-state index contributed by atoms with van der Waals surface area (Å²) in [5.74, 6) is 4.50. The van der Waals surface area contributed by atoms with Crippen molar-refractivity contribution in [2.24, 2.45) is 28.7 Å². The van der Waals surface area contributed by atoms with Crippen molar-refractivity contribution in [2.75, 3.05) is 42.2 Å². The van der Waals surface area contributed by atoms with Crippen molar-refractivity contribution < 1.29 is 0 Å². The van der Waals surface area contributed by atoms with Gasteiger partial charge in [0.1, 0.15) is 5.84 Å². The third kappa shape index (κ3) is 4.15. The molecule has 2 aromatic carbocycles. The van der Waals surface area contributed by atoms with Crippen LogP contribution in [0.3, 0.4) is 0 Å². The Bertz CT molecular complexity index is 1220. The molecule has 3 fully saturated rings. The summed E-state index contributed by atoms with van der Waals surface area (Å²) in [6.07, 6.45) is 6.50. The van der Waals surface area contributed by atoms with E-state index in [1.165, 1.54) is 43.0 Å². The fourth-order valence-corrected chi connectivity index (χ4v) is 7.68. The molecule has 5 aliphatic rings. The molecule has 8 unspecified atom stereocenters. The molecule has 7 rings (SSSR count). The number of nitrogens with zero attached hydrogens (tertiary/aromatic N) is 2. The molecule has 1 saturated carbocycles. The van der Waals surface area contributed by atoms with E-state index in [2.05, 4.69) is 94.5 Å². The number of amidine groups is 1. The number of rotatable bonds is 4. The molecule has 0 radical (unpaired) electrons.